The van der Waals surface area contributed by atoms with Crippen molar-refractivity contribution in [2.45, 2.75) is 57.6 Å². The number of aryl methyl sites for hydroxylation is 2. The molecule has 0 bridgehead atoms. The lowest BCUT2D eigenvalue weighted by Gasteiger charge is -2.32. The Kier molecular flexibility index (Phi) is 4.75. The number of rotatable bonds is 3. The Morgan fingerprint density at radius 3 is 2.11 bits per heavy atom. The predicted octanol–water partition coefficient (Wildman–Crippen LogP) is 2.31. The van der Waals surface area contributed by atoms with E-state index in [0.717, 1.165) is 11.3 Å². The molecule has 144 valence electrons. The van der Waals surface area contributed by atoms with Crippen LogP contribution in [0.3, 0.4) is 0 Å². The first kappa shape index (κ1) is 20.0. The van der Waals surface area contributed by atoms with Gasteiger partial charge in [-0.15, -0.1) is 0 Å². The summed E-state index contributed by atoms with van der Waals surface area (Å²) in [4.78, 5) is 4.47. The third-order valence-electron chi connectivity index (χ3n) is 5.35. The topological polar surface area (TPSA) is 91.5 Å². The van der Waals surface area contributed by atoms with Crippen LogP contribution in [0.15, 0.2) is 35.2 Å². The van der Waals surface area contributed by atoms with E-state index in [1.165, 1.54) is 0 Å². The third-order valence-corrected chi connectivity index (χ3v) is 6.36. The molecule has 1 saturated heterocycles. The molecule has 2 heterocycles. The van der Waals surface area contributed by atoms with Crippen molar-refractivity contribution < 1.29 is 17.7 Å². The van der Waals surface area contributed by atoms with E-state index in [9.17, 15) is 8.42 Å². The van der Waals surface area contributed by atoms with E-state index >= 15 is 0 Å². The summed E-state index contributed by atoms with van der Waals surface area (Å²) in [5.74, 6) is 0. The molecule has 0 radical (unpaired) electrons. The molecule has 0 amide bonds. The monoisotopic (exact) mass is 388 g/mol. The van der Waals surface area contributed by atoms with E-state index in [0.29, 0.717) is 16.7 Å². The highest BCUT2D eigenvalue weighted by Gasteiger charge is 2.53. The van der Waals surface area contributed by atoms with E-state index in [1.807, 2.05) is 59.7 Å². The maximum absolute atomic E-state index is 12.6. The highest BCUT2D eigenvalue weighted by Crippen LogP contribution is 2.38. The van der Waals surface area contributed by atoms with Crippen LogP contribution >= 0.6 is 0 Å². The molecule has 0 saturated carbocycles. The highest BCUT2D eigenvalue weighted by molar-refractivity contribution is 7.89. The molecule has 6 nitrogen and oxygen atoms in total. The summed E-state index contributed by atoms with van der Waals surface area (Å²) in [5, 5.41) is 5.64. The zero-order valence-electron chi connectivity index (χ0n) is 16.5. The fourth-order valence-corrected chi connectivity index (χ4v) is 4.20. The molecule has 0 atom stereocenters. The average molecular weight is 388 g/mol. The van der Waals surface area contributed by atoms with E-state index < -0.39 is 28.3 Å². The van der Waals surface area contributed by atoms with Gasteiger partial charge in [0.2, 0.25) is 10.0 Å². The Morgan fingerprint density at radius 1 is 1.00 bits per heavy atom. The van der Waals surface area contributed by atoms with Crippen LogP contribution in [-0.4, -0.2) is 31.7 Å². The summed E-state index contributed by atoms with van der Waals surface area (Å²) in [6, 6.07) is 9.02. The van der Waals surface area contributed by atoms with Gasteiger partial charge in [-0.05, 0) is 59.2 Å². The lowest BCUT2D eigenvalue weighted by molar-refractivity contribution is 0.00578. The zero-order chi connectivity index (χ0) is 20.2. The quantitative estimate of drug-likeness (QED) is 0.815. The van der Waals surface area contributed by atoms with Gasteiger partial charge >= 0.3 is 7.12 Å². The van der Waals surface area contributed by atoms with E-state index in [4.69, 9.17) is 14.4 Å². The van der Waals surface area contributed by atoms with Gasteiger partial charge in [0.05, 0.1) is 21.8 Å². The molecule has 3 rings (SSSR count). The minimum Gasteiger partial charge on any atom is -0.399 e. The number of pyridine rings is 1. The van der Waals surface area contributed by atoms with Crippen molar-refractivity contribution in [1.29, 1.82) is 0 Å². The van der Waals surface area contributed by atoms with Gasteiger partial charge in [-0.1, -0.05) is 18.2 Å². The summed E-state index contributed by atoms with van der Waals surface area (Å²) in [6.07, 6.45) is 0. The molecule has 0 aliphatic carbocycles. The van der Waals surface area contributed by atoms with Crippen LogP contribution in [0, 0.1) is 13.8 Å². The molecule has 1 aromatic carbocycles. The summed E-state index contributed by atoms with van der Waals surface area (Å²) < 4.78 is 37.4. The lowest BCUT2D eigenvalue weighted by Crippen LogP contribution is -2.41. The molecular formula is C19H25BN2O4S. The molecule has 27 heavy (non-hydrogen) atoms. The van der Waals surface area contributed by atoms with Crippen molar-refractivity contribution in [1.82, 2.24) is 4.98 Å². The summed E-state index contributed by atoms with van der Waals surface area (Å²) in [6.45, 7) is 11.4. The average Bonchev–Trinajstić information content (AvgIpc) is 2.73. The first-order valence-electron chi connectivity index (χ1n) is 8.79. The molecular weight excluding hydrogens is 363 g/mol. The minimum atomic E-state index is -4.06. The minimum absolute atomic E-state index is 0.000833. The number of primary sulfonamides is 1. The molecule has 8 heteroatoms. The number of nitrogens with two attached hydrogens (primary N) is 1. The van der Waals surface area contributed by atoms with Crippen LogP contribution in [0.2, 0.25) is 0 Å². The standard InChI is InChI=1S/C19H25BN2O4S/c1-12-10-11-14(15-9-7-8-13(2)22-15)17(27(21,23)24)16(12)20-25-18(3,4)19(5,6)26-20/h7-11H,1-6H3,(H2,21,23,24). The molecule has 1 aliphatic heterocycles. The van der Waals surface area contributed by atoms with Crippen LogP contribution in [0.5, 0.6) is 0 Å². The van der Waals surface area contributed by atoms with Crippen molar-refractivity contribution in [2.75, 3.05) is 0 Å². The van der Waals surface area contributed by atoms with Gasteiger partial charge < -0.3 is 9.31 Å². The van der Waals surface area contributed by atoms with Crippen LogP contribution in [0.4, 0.5) is 0 Å². The van der Waals surface area contributed by atoms with Gasteiger partial charge in [0.15, 0.2) is 0 Å². The first-order valence-corrected chi connectivity index (χ1v) is 10.3. The molecule has 1 aromatic heterocycles. The molecule has 0 spiro atoms. The van der Waals surface area contributed by atoms with Crippen molar-refractivity contribution in [3.63, 3.8) is 0 Å². The number of hydrogen-bond acceptors (Lipinski definition) is 5. The van der Waals surface area contributed by atoms with Crippen LogP contribution < -0.4 is 10.6 Å². The second-order valence-corrected chi connectivity index (χ2v) is 9.47. The Balaban J connectivity index is 2.28. The van der Waals surface area contributed by atoms with Crippen LogP contribution in [0.1, 0.15) is 39.0 Å². The van der Waals surface area contributed by atoms with Gasteiger partial charge in [-0.2, -0.15) is 0 Å². The van der Waals surface area contributed by atoms with Gasteiger partial charge in [0.25, 0.3) is 0 Å². The second kappa shape index (κ2) is 6.41. The zero-order valence-corrected chi connectivity index (χ0v) is 17.3. The summed E-state index contributed by atoms with van der Waals surface area (Å²) >= 11 is 0. The number of aromatic nitrogens is 1. The maximum atomic E-state index is 12.6. The third kappa shape index (κ3) is 3.54. The predicted molar refractivity (Wildman–Crippen MR) is 106 cm³/mol. The Labute approximate surface area is 161 Å². The smallest absolute Gasteiger partial charge is 0.399 e. The van der Waals surface area contributed by atoms with E-state index in [1.54, 1.807) is 12.1 Å². The van der Waals surface area contributed by atoms with Gasteiger partial charge in [0.1, 0.15) is 0 Å². The number of nitrogens with zero attached hydrogens (tertiary/aromatic N) is 1. The van der Waals surface area contributed by atoms with E-state index in [-0.39, 0.29) is 4.90 Å². The number of benzene rings is 1. The molecule has 2 N–H and O–H groups in total. The maximum Gasteiger partial charge on any atom is 0.496 e. The summed E-state index contributed by atoms with van der Waals surface area (Å²) in [7, 11) is -4.90. The fraction of sp³-hybridized carbons (Fsp3) is 0.421. The van der Waals surface area contributed by atoms with Crippen molar-refractivity contribution >= 4 is 22.6 Å². The fourth-order valence-electron chi connectivity index (χ4n) is 3.15. The Morgan fingerprint density at radius 2 is 1.59 bits per heavy atom. The second-order valence-electron chi connectivity index (χ2n) is 7.97. The SMILES string of the molecule is Cc1cccc(-c2ccc(C)c(B3OC(C)(C)C(C)(C)O3)c2S(N)(=O)=O)n1. The van der Waals surface area contributed by atoms with Gasteiger partial charge in [-0.3, -0.25) is 4.98 Å². The number of sulfonamides is 1. The Hall–Kier alpha value is -1.74. The van der Waals surface area contributed by atoms with Gasteiger partial charge in [0, 0.05) is 16.7 Å². The van der Waals surface area contributed by atoms with Crippen LogP contribution in [-0.2, 0) is 19.3 Å². The Bertz CT molecular complexity index is 987. The largest absolute Gasteiger partial charge is 0.496 e. The van der Waals surface area contributed by atoms with Crippen LogP contribution in [0.25, 0.3) is 11.3 Å². The molecule has 0 unspecified atom stereocenters. The highest BCUT2D eigenvalue weighted by atomic mass is 32.2. The van der Waals surface area contributed by atoms with Crippen molar-refractivity contribution in [3.05, 3.63) is 41.6 Å². The normalized spacial score (nSPS) is 18.7. The van der Waals surface area contributed by atoms with Crippen molar-refractivity contribution in [2.24, 2.45) is 5.14 Å². The molecule has 1 fully saturated rings. The molecule has 2 aromatic rings. The van der Waals surface area contributed by atoms with E-state index in [2.05, 4.69) is 4.98 Å². The molecule has 1 aliphatic rings. The lowest BCUT2D eigenvalue weighted by atomic mass is 9.75. The van der Waals surface area contributed by atoms with Crippen molar-refractivity contribution in [3.8, 4) is 11.3 Å². The number of hydrogen-bond donors (Lipinski definition) is 1. The first-order chi connectivity index (χ1) is 12.3. The van der Waals surface area contributed by atoms with Gasteiger partial charge in [-0.25, -0.2) is 13.6 Å². The summed E-state index contributed by atoms with van der Waals surface area (Å²) in [5.41, 5.74) is 1.72.